The van der Waals surface area contributed by atoms with Crippen LogP contribution in [-0.2, 0) is 38.8 Å². The zero-order valence-electron chi connectivity index (χ0n) is 18.4. The molecule has 1 heterocycles. The number of ether oxygens (including phenoxy) is 4. The minimum absolute atomic E-state index is 0.241. The molecule has 1 fully saturated rings. The molecule has 32 heavy (non-hydrogen) atoms. The summed E-state index contributed by atoms with van der Waals surface area (Å²) in [6.45, 7) is 3.92. The van der Waals surface area contributed by atoms with E-state index >= 15 is 0 Å². The van der Waals surface area contributed by atoms with Gasteiger partial charge < -0.3 is 18.9 Å². The van der Waals surface area contributed by atoms with E-state index < -0.39 is 0 Å². The summed E-state index contributed by atoms with van der Waals surface area (Å²) in [4.78, 5) is 0. The fourth-order valence-electron chi connectivity index (χ4n) is 3.79. The Hall–Kier alpha value is -2.92. The summed E-state index contributed by atoms with van der Waals surface area (Å²) >= 11 is 0. The van der Waals surface area contributed by atoms with Crippen molar-refractivity contribution in [3.63, 3.8) is 0 Å². The van der Waals surface area contributed by atoms with E-state index in [0.717, 1.165) is 22.4 Å². The Morgan fingerprint density at radius 3 is 1.72 bits per heavy atom. The molecule has 0 spiro atoms. The topological polar surface area (TPSA) is 36.9 Å². The normalized spacial score (nSPS) is 21.5. The molecule has 0 unspecified atom stereocenters. The van der Waals surface area contributed by atoms with Crippen LogP contribution in [0.5, 0.6) is 0 Å². The maximum Gasteiger partial charge on any atom is 0.151 e. The van der Waals surface area contributed by atoms with Crippen LogP contribution in [0.15, 0.2) is 103 Å². The molecule has 1 aliphatic rings. The van der Waals surface area contributed by atoms with Gasteiger partial charge in [0.05, 0.1) is 26.4 Å². The van der Waals surface area contributed by atoms with Gasteiger partial charge >= 0.3 is 0 Å². The van der Waals surface area contributed by atoms with Gasteiger partial charge in [0.2, 0.25) is 0 Å². The molecular weight excluding hydrogens is 400 g/mol. The standard InChI is InChI=1S/C28H30O4/c1-2-25-27(30-19-23-14-8-4-9-15-23)28(31-20-24-16-10-5-11-17-24)26(32-25)21-29-18-22-12-6-3-7-13-22/h2-17,26-28H,18-21H2,1H3/b25-2+/t26-,27-,28-/m1/s1. The van der Waals surface area contributed by atoms with Gasteiger partial charge in [0.15, 0.2) is 6.10 Å². The van der Waals surface area contributed by atoms with Crippen molar-refractivity contribution in [3.05, 3.63) is 120 Å². The molecule has 0 aliphatic carbocycles. The van der Waals surface area contributed by atoms with Gasteiger partial charge in [0.25, 0.3) is 0 Å². The highest BCUT2D eigenvalue weighted by Crippen LogP contribution is 2.31. The molecule has 0 aromatic heterocycles. The smallest absolute Gasteiger partial charge is 0.151 e. The predicted molar refractivity (Wildman–Crippen MR) is 125 cm³/mol. The van der Waals surface area contributed by atoms with Crippen molar-refractivity contribution >= 4 is 0 Å². The highest BCUT2D eigenvalue weighted by Gasteiger charge is 2.43. The molecule has 166 valence electrons. The van der Waals surface area contributed by atoms with E-state index in [2.05, 4.69) is 36.4 Å². The van der Waals surface area contributed by atoms with Crippen molar-refractivity contribution in [2.24, 2.45) is 0 Å². The minimum Gasteiger partial charge on any atom is -0.487 e. The van der Waals surface area contributed by atoms with E-state index in [0.29, 0.717) is 26.4 Å². The van der Waals surface area contributed by atoms with Crippen LogP contribution in [0.2, 0.25) is 0 Å². The van der Waals surface area contributed by atoms with E-state index in [-0.39, 0.29) is 18.3 Å². The van der Waals surface area contributed by atoms with Gasteiger partial charge in [-0.2, -0.15) is 0 Å². The Balaban J connectivity index is 1.44. The van der Waals surface area contributed by atoms with Crippen molar-refractivity contribution in [1.29, 1.82) is 0 Å². The average Bonchev–Trinajstić information content (AvgIpc) is 3.19. The number of allylic oxidation sites excluding steroid dienone is 1. The SMILES string of the molecule is C/C=C1/O[C@H](COCc2ccccc2)[C@@H](OCc2ccccc2)[C@@H]1OCc1ccccc1. The van der Waals surface area contributed by atoms with E-state index in [1.54, 1.807) is 0 Å². The second-order valence-electron chi connectivity index (χ2n) is 7.83. The van der Waals surface area contributed by atoms with Crippen LogP contribution in [0.1, 0.15) is 23.6 Å². The minimum atomic E-state index is -0.283. The Labute approximate surface area is 190 Å². The van der Waals surface area contributed by atoms with Gasteiger partial charge in [-0.05, 0) is 29.7 Å². The lowest BCUT2D eigenvalue weighted by molar-refractivity contribution is -0.0894. The fraction of sp³-hybridized carbons (Fsp3) is 0.286. The van der Waals surface area contributed by atoms with Crippen LogP contribution in [0.4, 0.5) is 0 Å². The van der Waals surface area contributed by atoms with Crippen LogP contribution in [-0.4, -0.2) is 24.9 Å². The number of hydrogen-bond donors (Lipinski definition) is 0. The zero-order chi connectivity index (χ0) is 22.0. The molecule has 0 bridgehead atoms. The first-order chi connectivity index (χ1) is 15.8. The Morgan fingerprint density at radius 2 is 1.19 bits per heavy atom. The molecule has 4 rings (SSSR count). The van der Waals surface area contributed by atoms with Crippen molar-refractivity contribution in [2.75, 3.05) is 6.61 Å². The molecule has 3 aromatic rings. The molecule has 3 atom stereocenters. The third-order valence-corrected chi connectivity index (χ3v) is 5.47. The van der Waals surface area contributed by atoms with Crippen LogP contribution in [0.3, 0.4) is 0 Å². The molecule has 0 saturated carbocycles. The highest BCUT2D eigenvalue weighted by molar-refractivity contribution is 5.17. The second kappa shape index (κ2) is 11.6. The molecule has 4 heteroatoms. The molecule has 0 radical (unpaired) electrons. The van der Waals surface area contributed by atoms with Gasteiger partial charge in [-0.1, -0.05) is 91.0 Å². The second-order valence-corrected chi connectivity index (χ2v) is 7.83. The number of benzene rings is 3. The lowest BCUT2D eigenvalue weighted by Gasteiger charge is -2.23. The largest absolute Gasteiger partial charge is 0.487 e. The summed E-state index contributed by atoms with van der Waals surface area (Å²) in [5, 5.41) is 0. The molecule has 0 N–H and O–H groups in total. The van der Waals surface area contributed by atoms with Crippen molar-refractivity contribution in [1.82, 2.24) is 0 Å². The molecule has 4 nitrogen and oxygen atoms in total. The number of rotatable bonds is 10. The third kappa shape index (κ3) is 6.07. The van der Waals surface area contributed by atoms with Gasteiger partial charge in [-0.15, -0.1) is 0 Å². The summed E-state index contributed by atoms with van der Waals surface area (Å²) in [7, 11) is 0. The monoisotopic (exact) mass is 430 g/mol. The van der Waals surface area contributed by atoms with Crippen molar-refractivity contribution in [3.8, 4) is 0 Å². The molecule has 1 aliphatic heterocycles. The fourth-order valence-corrected chi connectivity index (χ4v) is 3.79. The maximum atomic E-state index is 6.37. The average molecular weight is 431 g/mol. The zero-order valence-corrected chi connectivity index (χ0v) is 18.4. The highest BCUT2D eigenvalue weighted by atomic mass is 16.6. The van der Waals surface area contributed by atoms with Gasteiger partial charge in [0, 0.05) is 0 Å². The quantitative estimate of drug-likeness (QED) is 0.415. The summed E-state index contributed by atoms with van der Waals surface area (Å²) in [5.74, 6) is 0.798. The van der Waals surface area contributed by atoms with E-state index in [1.807, 2.05) is 67.6 Å². The number of hydrogen-bond acceptors (Lipinski definition) is 4. The van der Waals surface area contributed by atoms with Crippen molar-refractivity contribution in [2.45, 2.75) is 45.1 Å². The molecular formula is C28H30O4. The molecule has 3 aromatic carbocycles. The van der Waals surface area contributed by atoms with Gasteiger partial charge in [0.1, 0.15) is 18.0 Å². The van der Waals surface area contributed by atoms with Crippen molar-refractivity contribution < 1.29 is 18.9 Å². The summed E-state index contributed by atoms with van der Waals surface area (Å²) < 4.78 is 24.9. The lowest BCUT2D eigenvalue weighted by atomic mass is 10.1. The summed E-state index contributed by atoms with van der Waals surface area (Å²) in [6.07, 6.45) is 1.18. The van der Waals surface area contributed by atoms with E-state index in [4.69, 9.17) is 18.9 Å². The Kier molecular flexibility index (Phi) is 8.10. The Morgan fingerprint density at radius 1 is 0.688 bits per heavy atom. The summed E-state index contributed by atoms with van der Waals surface area (Å²) in [6, 6.07) is 30.5. The first kappa shape index (κ1) is 22.3. The first-order valence-corrected chi connectivity index (χ1v) is 11.1. The first-order valence-electron chi connectivity index (χ1n) is 11.1. The Bertz CT molecular complexity index is 956. The van der Waals surface area contributed by atoms with Gasteiger partial charge in [-0.3, -0.25) is 0 Å². The lowest BCUT2D eigenvalue weighted by Crippen LogP contribution is -2.37. The predicted octanol–water partition coefficient (Wildman–Crippen LogP) is 5.68. The molecule has 0 amide bonds. The maximum absolute atomic E-state index is 6.37. The van der Waals surface area contributed by atoms with Gasteiger partial charge in [-0.25, -0.2) is 0 Å². The third-order valence-electron chi connectivity index (χ3n) is 5.47. The van der Waals surface area contributed by atoms with Crippen LogP contribution < -0.4 is 0 Å². The van der Waals surface area contributed by atoms with Crippen LogP contribution in [0, 0.1) is 0 Å². The van der Waals surface area contributed by atoms with E-state index in [9.17, 15) is 0 Å². The van der Waals surface area contributed by atoms with Crippen LogP contribution in [0.25, 0.3) is 0 Å². The molecule has 1 saturated heterocycles. The van der Waals surface area contributed by atoms with Crippen LogP contribution >= 0.6 is 0 Å². The van der Waals surface area contributed by atoms with E-state index in [1.165, 1.54) is 0 Å². The summed E-state index contributed by atoms with van der Waals surface area (Å²) in [5.41, 5.74) is 3.37.